The Balaban J connectivity index is 3.31. The van der Waals surface area contributed by atoms with E-state index in [0.29, 0.717) is 37.5 Å². The zero-order chi connectivity index (χ0) is 20.2. The summed E-state index contributed by atoms with van der Waals surface area (Å²) in [6.45, 7) is 11.6. The molecular formula is C21H35NO4. The second-order valence-electron chi connectivity index (χ2n) is 8.46. The Kier molecular flexibility index (Phi) is 7.75. The molecule has 148 valence electrons. The van der Waals surface area contributed by atoms with Crippen molar-refractivity contribution >= 4 is 17.3 Å². The molecule has 1 aliphatic carbocycles. The van der Waals surface area contributed by atoms with Gasteiger partial charge in [0.1, 0.15) is 11.3 Å². The zero-order valence-corrected chi connectivity index (χ0v) is 17.1. The molecule has 5 nitrogen and oxygen atoms in total. The molecule has 0 heterocycles. The SMILES string of the molecule is CCC(C)C(=O)C1=C(O)[C@@](O)(C(=N)CCC(C)C)C(CCC(C)C)C1=O. The Morgan fingerprint density at radius 2 is 1.69 bits per heavy atom. The average Bonchev–Trinajstić information content (AvgIpc) is 2.76. The normalized spacial score (nSPS) is 24.7. The van der Waals surface area contributed by atoms with Gasteiger partial charge in [-0.15, -0.1) is 0 Å². The van der Waals surface area contributed by atoms with Gasteiger partial charge in [-0.1, -0.05) is 48.0 Å². The van der Waals surface area contributed by atoms with Crippen LogP contribution >= 0.6 is 0 Å². The number of carbonyl (C=O) groups excluding carboxylic acids is 2. The van der Waals surface area contributed by atoms with Gasteiger partial charge in [-0.3, -0.25) is 9.59 Å². The van der Waals surface area contributed by atoms with E-state index in [1.165, 1.54) is 0 Å². The second kappa shape index (κ2) is 8.94. The van der Waals surface area contributed by atoms with E-state index in [0.717, 1.165) is 0 Å². The number of allylic oxidation sites excluding steroid dienone is 1. The lowest BCUT2D eigenvalue weighted by Crippen LogP contribution is -2.46. The molecule has 0 aromatic heterocycles. The molecule has 26 heavy (non-hydrogen) atoms. The van der Waals surface area contributed by atoms with E-state index in [-0.39, 0.29) is 17.7 Å². The van der Waals surface area contributed by atoms with Gasteiger partial charge in [0, 0.05) is 11.6 Å². The van der Waals surface area contributed by atoms with Crippen LogP contribution in [0, 0.1) is 29.1 Å². The first-order chi connectivity index (χ1) is 12.0. The molecule has 0 bridgehead atoms. The fraction of sp³-hybridized carbons (Fsp3) is 0.762. The molecule has 3 N–H and O–H groups in total. The molecule has 0 aromatic rings. The minimum atomic E-state index is -2.04. The summed E-state index contributed by atoms with van der Waals surface area (Å²) in [6.07, 6.45) is 2.53. The van der Waals surface area contributed by atoms with E-state index >= 15 is 0 Å². The first kappa shape index (κ1) is 22.6. The molecule has 0 aromatic carbocycles. The molecule has 0 fully saturated rings. The zero-order valence-electron chi connectivity index (χ0n) is 17.1. The summed E-state index contributed by atoms with van der Waals surface area (Å²) < 4.78 is 0. The maximum Gasteiger partial charge on any atom is 0.176 e. The molecule has 0 spiro atoms. The fourth-order valence-electron chi connectivity index (χ4n) is 3.32. The topological polar surface area (TPSA) is 98.4 Å². The van der Waals surface area contributed by atoms with E-state index in [4.69, 9.17) is 5.41 Å². The summed E-state index contributed by atoms with van der Waals surface area (Å²) >= 11 is 0. The van der Waals surface area contributed by atoms with E-state index in [1.54, 1.807) is 6.92 Å². The van der Waals surface area contributed by atoms with Crippen LogP contribution in [0.15, 0.2) is 11.3 Å². The van der Waals surface area contributed by atoms with Crippen molar-refractivity contribution < 1.29 is 19.8 Å². The second-order valence-corrected chi connectivity index (χ2v) is 8.46. The molecule has 5 heteroatoms. The molecule has 0 amide bonds. The summed E-state index contributed by atoms with van der Waals surface area (Å²) in [5, 5.41) is 30.4. The molecule has 1 rings (SSSR count). The predicted molar refractivity (Wildman–Crippen MR) is 103 cm³/mol. The molecule has 1 aliphatic rings. The largest absolute Gasteiger partial charge is 0.508 e. The predicted octanol–water partition coefficient (Wildman–Crippen LogP) is 4.24. The van der Waals surface area contributed by atoms with Crippen LogP contribution in [-0.2, 0) is 9.59 Å². The van der Waals surface area contributed by atoms with Gasteiger partial charge in [-0.2, -0.15) is 0 Å². The van der Waals surface area contributed by atoms with Crippen LogP contribution in [0.3, 0.4) is 0 Å². The van der Waals surface area contributed by atoms with E-state index in [9.17, 15) is 19.8 Å². The highest BCUT2D eigenvalue weighted by molar-refractivity contribution is 6.26. The van der Waals surface area contributed by atoms with Crippen LogP contribution in [0.4, 0.5) is 0 Å². The van der Waals surface area contributed by atoms with Gasteiger partial charge in [-0.05, 0) is 37.5 Å². The molecule has 2 unspecified atom stereocenters. The molecule has 3 atom stereocenters. The number of hydrogen-bond donors (Lipinski definition) is 3. The van der Waals surface area contributed by atoms with Gasteiger partial charge < -0.3 is 15.6 Å². The highest BCUT2D eigenvalue weighted by Gasteiger charge is 2.57. The van der Waals surface area contributed by atoms with E-state index in [1.807, 2.05) is 34.6 Å². The minimum Gasteiger partial charge on any atom is -0.508 e. The third-order valence-corrected chi connectivity index (χ3v) is 5.44. The summed E-state index contributed by atoms with van der Waals surface area (Å²) in [6, 6.07) is 0. The third-order valence-electron chi connectivity index (χ3n) is 5.44. The fourth-order valence-corrected chi connectivity index (χ4v) is 3.32. The number of carbonyl (C=O) groups is 2. The lowest BCUT2D eigenvalue weighted by Gasteiger charge is -2.31. The van der Waals surface area contributed by atoms with Crippen molar-refractivity contribution in [3.05, 3.63) is 11.3 Å². The molecule has 0 radical (unpaired) electrons. The van der Waals surface area contributed by atoms with Crippen molar-refractivity contribution in [1.29, 1.82) is 5.41 Å². The van der Waals surface area contributed by atoms with Crippen molar-refractivity contribution in [1.82, 2.24) is 0 Å². The van der Waals surface area contributed by atoms with E-state index in [2.05, 4.69) is 0 Å². The minimum absolute atomic E-state index is 0.0715. The standard InChI is InChI=1S/C21H35NO4/c1-7-14(6)18(23)17-19(24)15(10-8-12(2)3)21(26,20(17)25)16(22)11-9-13(4)5/h12-15,22,25-26H,7-11H2,1-6H3/t14?,15?,21-/m0/s1. The van der Waals surface area contributed by atoms with Crippen LogP contribution in [0.1, 0.15) is 73.6 Å². The van der Waals surface area contributed by atoms with Crippen molar-refractivity contribution in [2.45, 2.75) is 79.2 Å². The van der Waals surface area contributed by atoms with Crippen LogP contribution in [0.25, 0.3) is 0 Å². The highest BCUT2D eigenvalue weighted by Crippen LogP contribution is 2.43. The Morgan fingerprint density at radius 3 is 2.15 bits per heavy atom. The smallest absolute Gasteiger partial charge is 0.176 e. The number of Topliss-reactive ketones (excluding diaryl/α,β-unsaturated/α-hetero) is 2. The Bertz CT molecular complexity index is 591. The lowest BCUT2D eigenvalue weighted by molar-refractivity contribution is -0.126. The van der Waals surface area contributed by atoms with Gasteiger partial charge in [0.25, 0.3) is 0 Å². The number of ketones is 2. The third kappa shape index (κ3) is 4.43. The highest BCUT2D eigenvalue weighted by atomic mass is 16.3. The van der Waals surface area contributed by atoms with E-state index < -0.39 is 34.8 Å². The van der Waals surface area contributed by atoms with Gasteiger partial charge in [0.2, 0.25) is 0 Å². The molecule has 0 saturated carbocycles. The van der Waals surface area contributed by atoms with Gasteiger partial charge in [-0.25, -0.2) is 0 Å². The van der Waals surface area contributed by atoms with Crippen LogP contribution in [0.5, 0.6) is 0 Å². The Hall–Kier alpha value is -1.49. The van der Waals surface area contributed by atoms with Crippen LogP contribution in [0.2, 0.25) is 0 Å². The summed E-state index contributed by atoms with van der Waals surface area (Å²) in [5.41, 5.74) is -2.40. The Morgan fingerprint density at radius 1 is 1.15 bits per heavy atom. The van der Waals surface area contributed by atoms with Crippen molar-refractivity contribution in [3.8, 4) is 0 Å². The van der Waals surface area contributed by atoms with Crippen molar-refractivity contribution in [3.63, 3.8) is 0 Å². The first-order valence-corrected chi connectivity index (χ1v) is 9.80. The maximum atomic E-state index is 13.0. The number of aliphatic hydroxyl groups excluding tert-OH is 1. The van der Waals surface area contributed by atoms with Crippen LogP contribution in [-0.4, -0.2) is 33.1 Å². The average molecular weight is 366 g/mol. The monoisotopic (exact) mass is 365 g/mol. The summed E-state index contributed by atoms with van der Waals surface area (Å²) in [7, 11) is 0. The quantitative estimate of drug-likeness (QED) is 0.398. The number of nitrogens with one attached hydrogen (secondary N) is 1. The van der Waals surface area contributed by atoms with Gasteiger partial charge in [0.15, 0.2) is 17.2 Å². The molecule has 0 saturated heterocycles. The Labute approximate surface area is 157 Å². The maximum absolute atomic E-state index is 13.0. The number of rotatable bonds is 10. The van der Waals surface area contributed by atoms with Crippen molar-refractivity contribution in [2.75, 3.05) is 0 Å². The van der Waals surface area contributed by atoms with Gasteiger partial charge in [0.05, 0.1) is 5.92 Å². The van der Waals surface area contributed by atoms with Crippen LogP contribution < -0.4 is 0 Å². The number of hydrogen-bond acceptors (Lipinski definition) is 5. The summed E-state index contributed by atoms with van der Waals surface area (Å²) in [5.74, 6) is -2.26. The molecular weight excluding hydrogens is 330 g/mol. The molecule has 0 aliphatic heterocycles. The summed E-state index contributed by atoms with van der Waals surface area (Å²) in [4.78, 5) is 25.6. The first-order valence-electron chi connectivity index (χ1n) is 9.80. The van der Waals surface area contributed by atoms with Crippen molar-refractivity contribution in [2.24, 2.45) is 23.7 Å². The van der Waals surface area contributed by atoms with Gasteiger partial charge >= 0.3 is 0 Å². The lowest BCUT2D eigenvalue weighted by atomic mass is 9.78. The number of aliphatic hydroxyl groups is 2.